The van der Waals surface area contributed by atoms with E-state index in [4.69, 9.17) is 66.3 Å². The van der Waals surface area contributed by atoms with Crippen molar-refractivity contribution in [1.29, 1.82) is 0 Å². The molecule has 7 aliphatic rings. The molecule has 28 nitrogen and oxygen atoms in total. The highest BCUT2D eigenvalue weighted by molar-refractivity contribution is 5.71. The maximum absolute atomic E-state index is 14.2. The zero-order valence-electron chi connectivity index (χ0n) is 52.6. The molecule has 13 rings (SSSR count). The highest BCUT2D eigenvalue weighted by Gasteiger charge is 2.60. The predicted molar refractivity (Wildman–Crippen MR) is 336 cm³/mol. The Morgan fingerprint density at radius 2 is 0.949 bits per heavy atom. The molecule has 2 unspecified atom stereocenters. The van der Waals surface area contributed by atoms with Gasteiger partial charge in [-0.3, -0.25) is 4.90 Å². The number of nitrogens with one attached hydrogen (secondary N) is 4. The number of hydrogen-bond acceptors (Lipinski definition) is 23. The summed E-state index contributed by atoms with van der Waals surface area (Å²) in [6.45, 7) is -1.90. The number of ether oxygens (including phenoxy) is 14. The maximum atomic E-state index is 14.2. The third kappa shape index (κ3) is 15.8. The van der Waals surface area contributed by atoms with Gasteiger partial charge in [0.15, 0.2) is 37.5 Å². The van der Waals surface area contributed by atoms with E-state index in [1.807, 2.05) is 12.1 Å². The van der Waals surface area contributed by atoms with Gasteiger partial charge < -0.3 is 108 Å². The molecule has 21 atom stereocenters. The zero-order chi connectivity index (χ0) is 67.7. The van der Waals surface area contributed by atoms with Crippen molar-refractivity contribution in [3.8, 4) is 0 Å². The quantitative estimate of drug-likeness (QED) is 0.0466. The molecule has 28 heteroatoms. The van der Waals surface area contributed by atoms with E-state index in [2.05, 4.69) is 21.3 Å². The Morgan fingerprint density at radius 3 is 1.48 bits per heavy atom. The fourth-order valence-corrected chi connectivity index (χ4v) is 13.1. The van der Waals surface area contributed by atoms with Gasteiger partial charge in [0.25, 0.3) is 0 Å². The first-order valence-corrected chi connectivity index (χ1v) is 32.3. The second-order valence-electron chi connectivity index (χ2n) is 24.5. The molecule has 1 aliphatic carbocycles. The minimum absolute atomic E-state index is 0.0983. The molecule has 6 heterocycles. The van der Waals surface area contributed by atoms with Gasteiger partial charge in [0, 0.05) is 11.1 Å². The number of carbonyl (C=O) groups is 5. The Labute approximate surface area is 562 Å². The van der Waals surface area contributed by atoms with Crippen molar-refractivity contribution < 1.29 is 111 Å². The van der Waals surface area contributed by atoms with Crippen molar-refractivity contribution in [2.75, 3.05) is 19.8 Å². The van der Waals surface area contributed by atoms with E-state index in [0.29, 0.717) is 33.4 Å². The Balaban J connectivity index is 0.795. The SMILES string of the molecule is O=C(N[C@H]1[C@@H](O[C@H]2[C@@H](O)[C@H](O[C@@H]3[C@H]4OC(=O)N[C@@H]4C[C@H](NC(=O)OCc4ccccc4)[C@H]3O[C@H]3O[C@@H]4COC(c5ccccc5)O[C@H]4[C@H](O)[C@H]3NC(=O)OCc3ccccc3)O[C@@H]2CO)O[C@H]2CN(C(=O)OCc3ccccc3)C(c3ccccc3)O[C@H]2[C@@H]1O)OCc1ccccc1. The summed E-state index contributed by atoms with van der Waals surface area (Å²) in [5.41, 5.74) is 3.81. The third-order valence-electron chi connectivity index (χ3n) is 17.9. The van der Waals surface area contributed by atoms with Crippen molar-refractivity contribution in [1.82, 2.24) is 26.2 Å². The van der Waals surface area contributed by atoms with Crippen LogP contribution in [-0.4, -0.2) is 192 Å². The summed E-state index contributed by atoms with van der Waals surface area (Å²) in [4.78, 5) is 70.8. The summed E-state index contributed by atoms with van der Waals surface area (Å²) in [6.07, 6.45) is -29.8. The molecular formula is C70H75N5O23. The molecule has 1 saturated carbocycles. The summed E-state index contributed by atoms with van der Waals surface area (Å²) >= 11 is 0. The van der Waals surface area contributed by atoms with Crippen LogP contribution in [0.3, 0.4) is 0 Å². The van der Waals surface area contributed by atoms with Crippen molar-refractivity contribution in [3.05, 3.63) is 215 Å². The van der Waals surface area contributed by atoms with Gasteiger partial charge in [-0.05, 0) is 28.7 Å². The molecule has 5 amide bonds. The Bertz CT molecular complexity index is 3600. The first-order valence-electron chi connectivity index (χ1n) is 32.3. The number of aliphatic hydroxyl groups excluding tert-OH is 4. The van der Waals surface area contributed by atoms with E-state index >= 15 is 0 Å². The first kappa shape index (κ1) is 67.7. The lowest BCUT2D eigenvalue weighted by molar-refractivity contribution is -0.357. The highest BCUT2D eigenvalue weighted by Crippen LogP contribution is 2.42. The van der Waals surface area contributed by atoms with E-state index in [9.17, 15) is 44.4 Å². The lowest BCUT2D eigenvalue weighted by Gasteiger charge is -2.51. The minimum atomic E-state index is -1.93. The normalized spacial score (nSPS) is 32.5. The number of rotatable bonds is 20. The van der Waals surface area contributed by atoms with Gasteiger partial charge in [-0.15, -0.1) is 0 Å². The third-order valence-corrected chi connectivity index (χ3v) is 17.9. The van der Waals surface area contributed by atoms with E-state index in [1.54, 1.807) is 170 Å². The number of amides is 5. The van der Waals surface area contributed by atoms with Crippen LogP contribution in [0.5, 0.6) is 0 Å². The van der Waals surface area contributed by atoms with E-state index in [1.165, 1.54) is 4.90 Å². The van der Waals surface area contributed by atoms with Crippen molar-refractivity contribution in [2.24, 2.45) is 0 Å². The van der Waals surface area contributed by atoms with Gasteiger partial charge >= 0.3 is 30.5 Å². The van der Waals surface area contributed by atoms with Gasteiger partial charge in [0.1, 0.15) is 106 Å². The molecule has 6 aromatic rings. The lowest BCUT2D eigenvalue weighted by atomic mass is 9.83. The molecule has 0 spiro atoms. The number of carbonyl (C=O) groups excluding carboxylic acids is 5. The van der Waals surface area contributed by atoms with Gasteiger partial charge in [-0.2, -0.15) is 0 Å². The minimum Gasteiger partial charge on any atom is -0.445 e. The second kappa shape index (κ2) is 31.3. The number of alkyl carbamates (subject to hydrolysis) is 4. The zero-order valence-corrected chi connectivity index (χ0v) is 52.6. The number of benzene rings is 6. The van der Waals surface area contributed by atoms with Crippen LogP contribution >= 0.6 is 0 Å². The van der Waals surface area contributed by atoms with Crippen LogP contribution in [0.25, 0.3) is 0 Å². The van der Waals surface area contributed by atoms with Crippen LogP contribution < -0.4 is 21.3 Å². The largest absolute Gasteiger partial charge is 0.445 e. The molecule has 0 radical (unpaired) electrons. The van der Waals surface area contributed by atoms with Crippen LogP contribution in [-0.2, 0) is 92.7 Å². The van der Waals surface area contributed by atoms with E-state index in [0.717, 1.165) is 0 Å². The first-order chi connectivity index (χ1) is 47.8. The fourth-order valence-electron chi connectivity index (χ4n) is 13.1. The van der Waals surface area contributed by atoms with Crippen LogP contribution in [0, 0.1) is 0 Å². The van der Waals surface area contributed by atoms with Crippen molar-refractivity contribution in [2.45, 2.75) is 162 Å². The molecule has 8 N–H and O–H groups in total. The maximum Gasteiger partial charge on any atom is 0.412 e. The van der Waals surface area contributed by atoms with Gasteiger partial charge in [-0.1, -0.05) is 182 Å². The summed E-state index contributed by atoms with van der Waals surface area (Å²) in [5.74, 6) is 0. The fraction of sp³-hybridized carbons (Fsp3) is 0.414. The number of aliphatic hydroxyl groups is 4. The van der Waals surface area contributed by atoms with E-state index < -0.39 is 166 Å². The second-order valence-corrected chi connectivity index (χ2v) is 24.5. The Hall–Kier alpha value is -8.85. The van der Waals surface area contributed by atoms with Crippen LogP contribution in [0.1, 0.15) is 52.3 Å². The smallest absolute Gasteiger partial charge is 0.412 e. The molecule has 0 bridgehead atoms. The van der Waals surface area contributed by atoms with Crippen LogP contribution in [0.15, 0.2) is 182 Å². The van der Waals surface area contributed by atoms with Crippen LogP contribution in [0.2, 0.25) is 0 Å². The van der Waals surface area contributed by atoms with Gasteiger partial charge in [-0.25, -0.2) is 24.0 Å². The monoisotopic (exact) mass is 1350 g/mol. The molecule has 6 saturated heterocycles. The summed E-state index contributed by atoms with van der Waals surface area (Å²) < 4.78 is 87.6. The molecule has 518 valence electrons. The highest BCUT2D eigenvalue weighted by atomic mass is 16.8. The summed E-state index contributed by atoms with van der Waals surface area (Å²) in [7, 11) is 0. The molecule has 0 aromatic heterocycles. The average Bonchev–Trinajstić information content (AvgIpc) is 1.17. The number of hydrogen-bond donors (Lipinski definition) is 8. The summed E-state index contributed by atoms with van der Waals surface area (Å²) in [6, 6.07) is 48.0. The predicted octanol–water partition coefficient (Wildman–Crippen LogP) is 5.01. The van der Waals surface area contributed by atoms with Crippen LogP contribution in [0.4, 0.5) is 24.0 Å². The number of fused-ring (bicyclic) bond motifs is 3. The molecule has 98 heavy (non-hydrogen) atoms. The average molecular weight is 1350 g/mol. The topological polar surface area (TPSA) is 347 Å². The van der Waals surface area contributed by atoms with Crippen molar-refractivity contribution >= 4 is 30.5 Å². The Kier molecular flexibility index (Phi) is 21.7. The molecule has 6 aliphatic heterocycles. The summed E-state index contributed by atoms with van der Waals surface area (Å²) in [5, 5.41) is 59.8. The molecule has 6 aromatic carbocycles. The molecule has 7 fully saturated rings. The lowest BCUT2D eigenvalue weighted by Crippen LogP contribution is -2.70. The molecular weight excluding hydrogens is 1280 g/mol. The Morgan fingerprint density at radius 1 is 0.490 bits per heavy atom. The van der Waals surface area contributed by atoms with E-state index in [-0.39, 0.29) is 46.0 Å². The van der Waals surface area contributed by atoms with Gasteiger partial charge in [0.05, 0.1) is 31.8 Å². The number of nitrogens with zero attached hydrogens (tertiary/aromatic N) is 1. The standard InChI is InChI=1S/C70H75N5O23/c76-33-48-58(96-63-50(73-67(81)87-35-40-21-9-2-10-22-40)52(77)57-47(90-63)32-75(61(93-57)43-27-15-5-16-28-43)70(84)89-37-42-25-13-4-14-26-42)54(79)65(91-48)97-60-55(45(31-46-56(60)98-69(83)72-46)71-66(80)86-34-39-19-7-1-8-20-39)94-64-51(74-68(82)88-36-41-23-11-3-12-24-41)53(78)59-49(92-64)38-85-62(95-59)44-29-17-6-18-30-44/h1-30,45-65,76-79H,31-38H2,(H,71,80)(H,72,83)(H,73,81)(H,74,82)/t45-,46+,47-,48+,49+,50+,51+,52+,53+,54+,55+,56-,57+,58+,59+,60-,61?,62?,63+,64+,65-/m0/s1. The van der Waals surface area contributed by atoms with Crippen molar-refractivity contribution in [3.63, 3.8) is 0 Å². The van der Waals surface area contributed by atoms with Gasteiger partial charge in [0.2, 0.25) is 0 Å².